The van der Waals surface area contributed by atoms with Crippen LogP contribution in [0, 0.1) is 13.8 Å². The van der Waals surface area contributed by atoms with Gasteiger partial charge < -0.3 is 10.2 Å². The maximum Gasteiger partial charge on any atom is 0.254 e. The third kappa shape index (κ3) is 5.58. The van der Waals surface area contributed by atoms with Gasteiger partial charge in [-0.2, -0.15) is 5.10 Å². The maximum absolute atomic E-state index is 13.5. The van der Waals surface area contributed by atoms with Gasteiger partial charge in [0, 0.05) is 23.1 Å². The Morgan fingerprint density at radius 2 is 1.65 bits per heavy atom. The van der Waals surface area contributed by atoms with Crippen LogP contribution >= 0.6 is 0 Å². The Kier molecular flexibility index (Phi) is 7.21. The van der Waals surface area contributed by atoms with Crippen LogP contribution in [0.3, 0.4) is 0 Å². The van der Waals surface area contributed by atoms with E-state index in [1.807, 2.05) is 74.5 Å². The molecule has 0 saturated carbocycles. The van der Waals surface area contributed by atoms with Gasteiger partial charge in [-0.3, -0.25) is 9.59 Å². The van der Waals surface area contributed by atoms with Crippen molar-refractivity contribution >= 4 is 28.4 Å². The van der Waals surface area contributed by atoms with Crippen LogP contribution in [0.25, 0.3) is 16.5 Å². The van der Waals surface area contributed by atoms with Crippen LogP contribution in [0.4, 0.5) is 5.82 Å². The molecule has 192 valence electrons. The van der Waals surface area contributed by atoms with Crippen LogP contribution in [-0.2, 0) is 10.2 Å². The number of aromatic nitrogens is 2. The molecule has 4 rings (SSSR count). The smallest absolute Gasteiger partial charge is 0.254 e. The van der Waals surface area contributed by atoms with Crippen LogP contribution in [0.15, 0.2) is 66.7 Å². The van der Waals surface area contributed by atoms with E-state index in [0.717, 1.165) is 33.3 Å². The number of amides is 2. The highest BCUT2D eigenvalue weighted by Crippen LogP contribution is 2.28. The lowest BCUT2D eigenvalue weighted by Gasteiger charge is -2.26. The van der Waals surface area contributed by atoms with Gasteiger partial charge in [-0.25, -0.2) is 4.68 Å². The van der Waals surface area contributed by atoms with Crippen molar-refractivity contribution in [3.05, 3.63) is 89.1 Å². The van der Waals surface area contributed by atoms with Crippen LogP contribution in [-0.4, -0.2) is 39.1 Å². The summed E-state index contributed by atoms with van der Waals surface area (Å²) in [5, 5.41) is 9.96. The van der Waals surface area contributed by atoms with Crippen molar-refractivity contribution in [2.24, 2.45) is 0 Å². The standard InChI is InChI=1S/C31H36N4O2/c1-20(2)34(30(37)25-16-15-23-12-8-9-13-24(23)17-25)19-29(36)32-28-18-27(31(5,6)7)33-35(28)26-14-10-11-21(3)22(26)4/h8-18,20H,19H2,1-7H3,(H,32,36). The number of nitrogens with one attached hydrogen (secondary N) is 1. The highest BCUT2D eigenvalue weighted by molar-refractivity contribution is 6.01. The fourth-order valence-electron chi connectivity index (χ4n) is 4.30. The lowest BCUT2D eigenvalue weighted by molar-refractivity contribution is -0.117. The molecule has 0 spiro atoms. The molecule has 0 fully saturated rings. The number of aryl methyl sites for hydroxylation is 1. The first-order valence-corrected chi connectivity index (χ1v) is 12.7. The van der Waals surface area contributed by atoms with Crippen LogP contribution < -0.4 is 5.32 Å². The maximum atomic E-state index is 13.5. The largest absolute Gasteiger partial charge is 0.327 e. The average Bonchev–Trinajstić information content (AvgIpc) is 3.27. The Hall–Kier alpha value is -3.93. The summed E-state index contributed by atoms with van der Waals surface area (Å²) >= 11 is 0. The van der Waals surface area contributed by atoms with Gasteiger partial charge in [0.05, 0.1) is 11.4 Å². The summed E-state index contributed by atoms with van der Waals surface area (Å²) in [6.45, 7) is 14.2. The second kappa shape index (κ2) is 10.2. The normalized spacial score (nSPS) is 11.7. The quantitative estimate of drug-likeness (QED) is 0.334. The number of anilines is 1. The number of fused-ring (bicyclic) bond motifs is 1. The summed E-state index contributed by atoms with van der Waals surface area (Å²) in [4.78, 5) is 28.4. The van der Waals surface area contributed by atoms with Crippen LogP contribution in [0.2, 0.25) is 0 Å². The molecule has 6 nitrogen and oxygen atoms in total. The molecule has 0 saturated heterocycles. The monoisotopic (exact) mass is 496 g/mol. The topological polar surface area (TPSA) is 67.2 Å². The lowest BCUT2D eigenvalue weighted by atomic mass is 9.92. The number of rotatable bonds is 6. The molecular formula is C31H36N4O2. The zero-order valence-electron chi connectivity index (χ0n) is 22.8. The fourth-order valence-corrected chi connectivity index (χ4v) is 4.30. The molecule has 0 bridgehead atoms. The summed E-state index contributed by atoms with van der Waals surface area (Å²) in [5.74, 6) is 0.148. The van der Waals surface area contributed by atoms with Crippen molar-refractivity contribution in [3.63, 3.8) is 0 Å². The summed E-state index contributed by atoms with van der Waals surface area (Å²) in [6, 6.07) is 21.4. The molecule has 1 aromatic heterocycles. The van der Waals surface area contributed by atoms with Crippen molar-refractivity contribution in [1.29, 1.82) is 0 Å². The first-order chi connectivity index (χ1) is 17.5. The van der Waals surface area contributed by atoms with Crippen molar-refractivity contribution in [2.45, 2.75) is 59.9 Å². The number of benzene rings is 3. The summed E-state index contributed by atoms with van der Waals surface area (Å²) in [5.41, 5.74) is 4.40. The molecule has 6 heteroatoms. The molecule has 4 aromatic rings. The minimum Gasteiger partial charge on any atom is -0.327 e. The molecular weight excluding hydrogens is 460 g/mol. The van der Waals surface area contributed by atoms with Crippen molar-refractivity contribution < 1.29 is 9.59 Å². The van der Waals surface area contributed by atoms with Gasteiger partial charge in [0.1, 0.15) is 12.4 Å². The number of hydrogen-bond donors (Lipinski definition) is 1. The summed E-state index contributed by atoms with van der Waals surface area (Å²) in [6.07, 6.45) is 0. The van der Waals surface area contributed by atoms with E-state index < -0.39 is 0 Å². The van der Waals surface area contributed by atoms with Gasteiger partial charge in [0.2, 0.25) is 5.91 Å². The van der Waals surface area contributed by atoms with Crippen LogP contribution in [0.5, 0.6) is 0 Å². The van der Waals surface area contributed by atoms with E-state index in [-0.39, 0.29) is 29.8 Å². The van der Waals surface area contributed by atoms with E-state index in [9.17, 15) is 9.59 Å². The SMILES string of the molecule is Cc1cccc(-n2nc(C(C)(C)C)cc2NC(=O)CN(C(=O)c2ccc3ccccc3c2)C(C)C)c1C. The Morgan fingerprint density at radius 1 is 0.946 bits per heavy atom. The predicted molar refractivity (Wildman–Crippen MR) is 150 cm³/mol. The fraction of sp³-hybridized carbons (Fsp3) is 0.323. The van der Waals surface area contributed by atoms with Crippen LogP contribution in [0.1, 0.15) is 61.8 Å². The molecule has 0 radical (unpaired) electrons. The summed E-state index contributed by atoms with van der Waals surface area (Å²) in [7, 11) is 0. The van der Waals surface area contributed by atoms with E-state index in [1.165, 1.54) is 0 Å². The molecule has 2 amide bonds. The molecule has 0 aliphatic heterocycles. The van der Waals surface area contributed by atoms with E-state index in [2.05, 4.69) is 46.0 Å². The number of carbonyl (C=O) groups is 2. The molecule has 0 aliphatic rings. The van der Waals surface area contributed by atoms with Gasteiger partial charge in [-0.15, -0.1) is 0 Å². The molecule has 1 N–H and O–H groups in total. The molecule has 0 aliphatic carbocycles. The zero-order valence-corrected chi connectivity index (χ0v) is 22.8. The Morgan fingerprint density at radius 3 is 2.32 bits per heavy atom. The third-order valence-electron chi connectivity index (χ3n) is 6.74. The van der Waals surface area contributed by atoms with Crippen molar-refractivity contribution in [2.75, 3.05) is 11.9 Å². The Bertz CT molecular complexity index is 1460. The number of hydrogen-bond acceptors (Lipinski definition) is 3. The van der Waals surface area contributed by atoms with E-state index in [4.69, 9.17) is 5.10 Å². The number of nitrogens with zero attached hydrogens (tertiary/aromatic N) is 3. The van der Waals surface area contributed by atoms with E-state index >= 15 is 0 Å². The van der Waals surface area contributed by atoms with Gasteiger partial charge in [-0.1, -0.05) is 63.2 Å². The van der Waals surface area contributed by atoms with Gasteiger partial charge in [0.15, 0.2) is 0 Å². The first-order valence-electron chi connectivity index (χ1n) is 12.7. The highest BCUT2D eigenvalue weighted by atomic mass is 16.2. The van der Waals surface area contributed by atoms with E-state index in [1.54, 1.807) is 9.58 Å². The van der Waals surface area contributed by atoms with Crippen molar-refractivity contribution in [3.8, 4) is 5.69 Å². The Balaban J connectivity index is 1.62. The average molecular weight is 497 g/mol. The predicted octanol–water partition coefficient (Wildman–Crippen LogP) is 6.43. The molecule has 0 unspecified atom stereocenters. The minimum atomic E-state index is -0.269. The first kappa shape index (κ1) is 26.1. The second-order valence-electron chi connectivity index (χ2n) is 10.9. The lowest BCUT2D eigenvalue weighted by Crippen LogP contribution is -2.42. The minimum absolute atomic E-state index is 0.0633. The van der Waals surface area contributed by atoms with Gasteiger partial charge in [-0.05, 0) is 67.8 Å². The van der Waals surface area contributed by atoms with Gasteiger partial charge >= 0.3 is 0 Å². The zero-order chi connectivity index (χ0) is 26.9. The molecule has 3 aromatic carbocycles. The Labute approximate surface area is 219 Å². The van der Waals surface area contributed by atoms with Gasteiger partial charge in [0.25, 0.3) is 5.91 Å². The molecule has 0 atom stereocenters. The summed E-state index contributed by atoms with van der Waals surface area (Å²) < 4.78 is 1.80. The number of carbonyl (C=O) groups excluding carboxylic acids is 2. The molecule has 37 heavy (non-hydrogen) atoms. The van der Waals surface area contributed by atoms with Crippen molar-refractivity contribution in [1.82, 2.24) is 14.7 Å². The second-order valence-corrected chi connectivity index (χ2v) is 10.9. The highest BCUT2D eigenvalue weighted by Gasteiger charge is 2.25. The molecule has 1 heterocycles. The third-order valence-corrected chi connectivity index (χ3v) is 6.74. The van der Waals surface area contributed by atoms with E-state index in [0.29, 0.717) is 11.4 Å².